The molecule has 0 aliphatic carbocycles. The largest absolute Gasteiger partial charge is 0.301 e. The molecule has 0 saturated carbocycles. The number of thiazole rings is 1. The Kier molecular flexibility index (Phi) is 4.27. The predicted molar refractivity (Wildman–Crippen MR) is 73.2 cm³/mol. The summed E-state index contributed by atoms with van der Waals surface area (Å²) in [7, 11) is 0. The van der Waals surface area contributed by atoms with Gasteiger partial charge in [-0.3, -0.25) is 0 Å². The van der Waals surface area contributed by atoms with E-state index in [0.717, 1.165) is 16.8 Å². The molecule has 0 saturated heterocycles. The van der Waals surface area contributed by atoms with E-state index in [0.29, 0.717) is 5.56 Å². The average molecular weight is 282 g/mol. The van der Waals surface area contributed by atoms with E-state index in [1.54, 1.807) is 11.3 Å². The Morgan fingerprint density at radius 2 is 1.95 bits per heavy atom. The van der Waals surface area contributed by atoms with Gasteiger partial charge in [0.1, 0.15) is 16.6 Å². The zero-order chi connectivity index (χ0) is 14.0. The van der Waals surface area contributed by atoms with E-state index in [9.17, 15) is 8.78 Å². The minimum atomic E-state index is -0.558. The Bertz CT molecular complexity index is 568. The minimum absolute atomic E-state index is 0.0261. The van der Waals surface area contributed by atoms with E-state index in [2.05, 4.69) is 10.3 Å². The lowest BCUT2D eigenvalue weighted by Gasteiger charge is -2.19. The number of nitrogens with zero attached hydrogens (tertiary/aromatic N) is 1. The summed E-state index contributed by atoms with van der Waals surface area (Å²) in [6.45, 7) is 5.78. The first-order valence-electron chi connectivity index (χ1n) is 6.10. The first-order chi connectivity index (χ1) is 8.97. The van der Waals surface area contributed by atoms with Crippen molar-refractivity contribution >= 4 is 11.3 Å². The summed E-state index contributed by atoms with van der Waals surface area (Å²) in [5.41, 5.74) is 1.44. The van der Waals surface area contributed by atoms with Gasteiger partial charge < -0.3 is 5.32 Å². The minimum Gasteiger partial charge on any atom is -0.301 e. The van der Waals surface area contributed by atoms with Crippen LogP contribution in [0.3, 0.4) is 0 Å². The molecule has 0 amide bonds. The number of halogens is 2. The number of nitrogens with one attached hydrogen (secondary N) is 1. The monoisotopic (exact) mass is 282 g/mol. The molecule has 2 aromatic rings. The van der Waals surface area contributed by atoms with E-state index in [-0.39, 0.29) is 12.1 Å². The lowest BCUT2D eigenvalue weighted by molar-refractivity contribution is 0.469. The van der Waals surface area contributed by atoms with Gasteiger partial charge in [-0.2, -0.15) is 0 Å². The van der Waals surface area contributed by atoms with Crippen molar-refractivity contribution in [2.75, 3.05) is 0 Å². The molecule has 2 nitrogen and oxygen atoms in total. The van der Waals surface area contributed by atoms with Gasteiger partial charge in [0.25, 0.3) is 0 Å². The van der Waals surface area contributed by atoms with Crippen LogP contribution in [0, 0.1) is 18.6 Å². The van der Waals surface area contributed by atoms with Crippen LogP contribution in [0.15, 0.2) is 23.6 Å². The van der Waals surface area contributed by atoms with Gasteiger partial charge in [-0.05, 0) is 26.8 Å². The number of aryl methyl sites for hydroxylation is 1. The Morgan fingerprint density at radius 1 is 1.21 bits per heavy atom. The highest BCUT2D eigenvalue weighted by molar-refractivity contribution is 7.09. The molecule has 0 spiro atoms. The van der Waals surface area contributed by atoms with Crippen molar-refractivity contribution in [3.05, 3.63) is 51.5 Å². The Labute approximate surface area is 115 Å². The maximum absolute atomic E-state index is 13.7. The summed E-state index contributed by atoms with van der Waals surface area (Å²) in [6.07, 6.45) is 0. The highest BCUT2D eigenvalue weighted by Crippen LogP contribution is 2.23. The molecular weight excluding hydrogens is 266 g/mol. The Balaban J connectivity index is 2.10. The lowest BCUT2D eigenvalue weighted by Crippen LogP contribution is -2.23. The predicted octanol–water partition coefficient (Wildman–Crippen LogP) is 4.14. The fraction of sp³-hybridized carbons (Fsp3) is 0.357. The average Bonchev–Trinajstić information content (AvgIpc) is 2.75. The van der Waals surface area contributed by atoms with E-state index >= 15 is 0 Å². The third-order valence-electron chi connectivity index (χ3n) is 2.94. The SMILES string of the molecule is Cc1csc(C(C)NC(C)c2ccc(F)cc2F)n1. The second-order valence-corrected chi connectivity index (χ2v) is 5.49. The van der Waals surface area contributed by atoms with Gasteiger partial charge in [0.15, 0.2) is 0 Å². The first kappa shape index (κ1) is 14.1. The summed E-state index contributed by atoms with van der Waals surface area (Å²) in [5.74, 6) is -1.08. The van der Waals surface area contributed by atoms with Crippen LogP contribution in [0.5, 0.6) is 0 Å². The molecule has 2 atom stereocenters. The van der Waals surface area contributed by atoms with Gasteiger partial charge >= 0.3 is 0 Å². The summed E-state index contributed by atoms with van der Waals surface area (Å²) in [4.78, 5) is 4.40. The van der Waals surface area contributed by atoms with Crippen molar-refractivity contribution < 1.29 is 8.78 Å². The van der Waals surface area contributed by atoms with Crippen molar-refractivity contribution in [2.45, 2.75) is 32.9 Å². The van der Waals surface area contributed by atoms with Crippen LogP contribution in [0.2, 0.25) is 0 Å². The molecule has 0 aliphatic rings. The topological polar surface area (TPSA) is 24.9 Å². The van der Waals surface area contributed by atoms with E-state index in [4.69, 9.17) is 0 Å². The molecule has 2 unspecified atom stereocenters. The smallest absolute Gasteiger partial charge is 0.130 e. The zero-order valence-corrected chi connectivity index (χ0v) is 11.9. The van der Waals surface area contributed by atoms with Gasteiger partial charge in [0, 0.05) is 28.7 Å². The number of hydrogen-bond donors (Lipinski definition) is 1. The van der Waals surface area contributed by atoms with Gasteiger partial charge in [-0.25, -0.2) is 13.8 Å². The quantitative estimate of drug-likeness (QED) is 0.911. The van der Waals surface area contributed by atoms with E-state index < -0.39 is 11.6 Å². The zero-order valence-electron chi connectivity index (χ0n) is 11.1. The number of aromatic nitrogens is 1. The van der Waals surface area contributed by atoms with Crippen molar-refractivity contribution in [3.63, 3.8) is 0 Å². The summed E-state index contributed by atoms with van der Waals surface area (Å²) in [6, 6.07) is 3.47. The Hall–Kier alpha value is -1.33. The molecule has 1 N–H and O–H groups in total. The van der Waals surface area contributed by atoms with Crippen LogP contribution in [0.4, 0.5) is 8.78 Å². The Morgan fingerprint density at radius 3 is 2.53 bits per heavy atom. The fourth-order valence-electron chi connectivity index (χ4n) is 1.96. The molecule has 19 heavy (non-hydrogen) atoms. The molecule has 0 fully saturated rings. The summed E-state index contributed by atoms with van der Waals surface area (Å²) < 4.78 is 26.5. The van der Waals surface area contributed by atoms with Crippen molar-refractivity contribution in [3.8, 4) is 0 Å². The molecular formula is C14H16F2N2S. The van der Waals surface area contributed by atoms with Crippen LogP contribution in [0.25, 0.3) is 0 Å². The van der Waals surface area contributed by atoms with Gasteiger partial charge in [0.05, 0.1) is 6.04 Å². The molecule has 1 aromatic carbocycles. The highest BCUT2D eigenvalue weighted by atomic mass is 32.1. The molecule has 1 heterocycles. The molecule has 1 aromatic heterocycles. The third kappa shape index (κ3) is 3.36. The van der Waals surface area contributed by atoms with Crippen LogP contribution in [-0.4, -0.2) is 4.98 Å². The molecule has 0 radical (unpaired) electrons. The fourth-order valence-corrected chi connectivity index (χ4v) is 2.77. The first-order valence-corrected chi connectivity index (χ1v) is 6.98. The van der Waals surface area contributed by atoms with Crippen LogP contribution < -0.4 is 5.32 Å². The van der Waals surface area contributed by atoms with Crippen LogP contribution >= 0.6 is 11.3 Å². The number of rotatable bonds is 4. The number of hydrogen-bond acceptors (Lipinski definition) is 3. The van der Waals surface area contributed by atoms with Crippen molar-refractivity contribution in [1.82, 2.24) is 10.3 Å². The number of benzene rings is 1. The maximum Gasteiger partial charge on any atom is 0.130 e. The normalized spacial score (nSPS) is 14.4. The lowest BCUT2D eigenvalue weighted by atomic mass is 10.1. The second-order valence-electron chi connectivity index (χ2n) is 4.60. The third-order valence-corrected chi connectivity index (χ3v) is 4.08. The molecule has 5 heteroatoms. The van der Waals surface area contributed by atoms with Crippen LogP contribution in [-0.2, 0) is 0 Å². The van der Waals surface area contributed by atoms with E-state index in [1.807, 2.05) is 26.2 Å². The van der Waals surface area contributed by atoms with Crippen molar-refractivity contribution in [2.24, 2.45) is 0 Å². The summed E-state index contributed by atoms with van der Waals surface area (Å²) in [5, 5.41) is 6.22. The van der Waals surface area contributed by atoms with E-state index in [1.165, 1.54) is 12.1 Å². The van der Waals surface area contributed by atoms with Crippen LogP contribution in [0.1, 0.15) is 42.2 Å². The standard InChI is InChI=1S/C14H16F2N2S/c1-8-7-19-14(17-8)10(3)18-9(2)12-5-4-11(15)6-13(12)16/h4-7,9-10,18H,1-3H3. The highest BCUT2D eigenvalue weighted by Gasteiger charge is 2.16. The van der Waals surface area contributed by atoms with Gasteiger partial charge in [-0.15, -0.1) is 11.3 Å². The molecule has 102 valence electrons. The summed E-state index contributed by atoms with van der Waals surface area (Å²) >= 11 is 1.57. The maximum atomic E-state index is 13.7. The second kappa shape index (κ2) is 5.75. The van der Waals surface area contributed by atoms with Gasteiger partial charge in [-0.1, -0.05) is 6.07 Å². The van der Waals surface area contributed by atoms with Crippen molar-refractivity contribution in [1.29, 1.82) is 0 Å². The van der Waals surface area contributed by atoms with Gasteiger partial charge in [0.2, 0.25) is 0 Å². The molecule has 0 bridgehead atoms. The molecule has 0 aliphatic heterocycles. The molecule has 2 rings (SSSR count).